The summed E-state index contributed by atoms with van der Waals surface area (Å²) < 4.78 is 0. The monoisotopic (exact) mass is 373 g/mol. The summed E-state index contributed by atoms with van der Waals surface area (Å²) in [5.74, 6) is -0.527. The van der Waals surface area contributed by atoms with Crippen molar-refractivity contribution in [3.05, 3.63) is 53.6 Å². The van der Waals surface area contributed by atoms with Gasteiger partial charge in [-0.05, 0) is 50.2 Å². The first-order chi connectivity index (χ1) is 12.5. The summed E-state index contributed by atoms with van der Waals surface area (Å²) in [7, 11) is 0. The smallest absolute Gasteiger partial charge is 0.244 e. The maximum atomic E-state index is 12.4. The molecule has 0 aliphatic carbocycles. The highest BCUT2D eigenvalue weighted by Gasteiger charge is 2.18. The van der Waals surface area contributed by atoms with Crippen molar-refractivity contribution < 1.29 is 9.59 Å². The van der Waals surface area contributed by atoms with E-state index in [-0.39, 0.29) is 18.4 Å². The van der Waals surface area contributed by atoms with E-state index in [9.17, 15) is 9.59 Å². The summed E-state index contributed by atoms with van der Waals surface area (Å²) in [6.07, 6.45) is 0. The molecular weight excluding hydrogens is 350 g/mol. The number of nitrogens with zero attached hydrogens (tertiary/aromatic N) is 2. The Hall–Kier alpha value is -2.53. The highest BCUT2D eigenvalue weighted by Crippen LogP contribution is 2.25. The van der Waals surface area contributed by atoms with E-state index in [0.29, 0.717) is 16.4 Å². The zero-order valence-electron chi connectivity index (χ0n) is 15.3. The number of carbonyl (C=O) groups is 2. The zero-order valence-corrected chi connectivity index (χ0v) is 16.1. The number of hydrogen-bond acceptors (Lipinski definition) is 3. The Kier molecular flexibility index (Phi) is 7.04. The van der Waals surface area contributed by atoms with Gasteiger partial charge in [0.25, 0.3) is 0 Å². The van der Waals surface area contributed by atoms with Crippen molar-refractivity contribution >= 4 is 40.5 Å². The predicted molar refractivity (Wildman–Crippen MR) is 108 cm³/mol. The van der Waals surface area contributed by atoms with Gasteiger partial charge in [0.05, 0.1) is 10.7 Å². The molecular formula is C20H24ClN3O2. The molecule has 0 atom stereocenters. The van der Waals surface area contributed by atoms with E-state index < -0.39 is 0 Å². The van der Waals surface area contributed by atoms with Crippen molar-refractivity contribution in [2.45, 2.75) is 20.8 Å². The van der Waals surface area contributed by atoms with Crippen LogP contribution in [0.25, 0.3) is 0 Å². The lowest BCUT2D eigenvalue weighted by Gasteiger charge is -2.22. The van der Waals surface area contributed by atoms with Gasteiger partial charge in [-0.2, -0.15) is 0 Å². The topological polar surface area (TPSA) is 52.7 Å². The number of benzene rings is 2. The molecule has 2 amide bonds. The van der Waals surface area contributed by atoms with Gasteiger partial charge in [-0.25, -0.2) is 0 Å². The van der Waals surface area contributed by atoms with Crippen LogP contribution in [0.5, 0.6) is 0 Å². The predicted octanol–water partition coefficient (Wildman–Crippen LogP) is 4.18. The van der Waals surface area contributed by atoms with Gasteiger partial charge in [0.2, 0.25) is 11.8 Å². The quantitative estimate of drug-likeness (QED) is 0.792. The lowest BCUT2D eigenvalue weighted by atomic mass is 10.2. The number of para-hydroxylation sites is 1. The van der Waals surface area contributed by atoms with Crippen LogP contribution < -0.4 is 15.1 Å². The van der Waals surface area contributed by atoms with E-state index in [1.807, 2.05) is 24.3 Å². The minimum absolute atomic E-state index is 0.100. The molecule has 26 heavy (non-hydrogen) atoms. The summed E-state index contributed by atoms with van der Waals surface area (Å²) in [6.45, 7) is 7.36. The van der Waals surface area contributed by atoms with Gasteiger partial charge in [-0.15, -0.1) is 0 Å². The minimum Gasteiger partial charge on any atom is -0.372 e. The fourth-order valence-electron chi connectivity index (χ4n) is 2.73. The van der Waals surface area contributed by atoms with E-state index in [0.717, 1.165) is 18.8 Å². The van der Waals surface area contributed by atoms with Gasteiger partial charge in [0.15, 0.2) is 0 Å². The Balaban J connectivity index is 2.07. The molecule has 2 rings (SSSR count). The number of amides is 2. The fourth-order valence-corrected chi connectivity index (χ4v) is 2.96. The Labute approximate surface area is 159 Å². The highest BCUT2D eigenvalue weighted by molar-refractivity contribution is 6.33. The first-order valence-corrected chi connectivity index (χ1v) is 9.01. The molecule has 2 aromatic rings. The van der Waals surface area contributed by atoms with Crippen LogP contribution in [0.4, 0.5) is 17.1 Å². The third-order valence-corrected chi connectivity index (χ3v) is 4.42. The Morgan fingerprint density at radius 1 is 1.00 bits per heavy atom. The Morgan fingerprint density at radius 2 is 1.62 bits per heavy atom. The van der Waals surface area contributed by atoms with Gasteiger partial charge in [0, 0.05) is 31.4 Å². The molecule has 0 saturated carbocycles. The van der Waals surface area contributed by atoms with Gasteiger partial charge < -0.3 is 15.1 Å². The third-order valence-electron chi connectivity index (χ3n) is 4.10. The van der Waals surface area contributed by atoms with Crippen LogP contribution in [0.3, 0.4) is 0 Å². The molecule has 0 aromatic heterocycles. The normalized spacial score (nSPS) is 10.3. The maximum absolute atomic E-state index is 12.4. The van der Waals surface area contributed by atoms with Crippen LogP contribution in [0.1, 0.15) is 20.8 Å². The number of hydrogen-bond donors (Lipinski definition) is 1. The zero-order chi connectivity index (χ0) is 19.1. The molecule has 6 heteroatoms. The van der Waals surface area contributed by atoms with Crippen LogP contribution in [0.2, 0.25) is 5.02 Å². The van der Waals surface area contributed by atoms with Crippen LogP contribution in [0, 0.1) is 0 Å². The van der Waals surface area contributed by atoms with Crippen LogP contribution in [0.15, 0.2) is 48.5 Å². The number of halogens is 1. The lowest BCUT2D eigenvalue weighted by Crippen LogP contribution is -2.36. The summed E-state index contributed by atoms with van der Waals surface area (Å²) in [5, 5.41) is 3.25. The first-order valence-electron chi connectivity index (χ1n) is 8.63. The van der Waals surface area contributed by atoms with Crippen molar-refractivity contribution in [1.29, 1.82) is 0 Å². The number of carbonyl (C=O) groups excluding carboxylic acids is 2. The van der Waals surface area contributed by atoms with Gasteiger partial charge >= 0.3 is 0 Å². The molecule has 2 aromatic carbocycles. The Morgan fingerprint density at radius 3 is 2.15 bits per heavy atom. The second-order valence-corrected chi connectivity index (χ2v) is 6.23. The van der Waals surface area contributed by atoms with E-state index >= 15 is 0 Å². The molecule has 0 bridgehead atoms. The Bertz CT molecular complexity index is 758. The molecule has 138 valence electrons. The van der Waals surface area contributed by atoms with E-state index in [4.69, 9.17) is 11.6 Å². The summed E-state index contributed by atoms with van der Waals surface area (Å²) in [4.78, 5) is 27.9. The second kappa shape index (κ2) is 9.25. The van der Waals surface area contributed by atoms with Crippen LogP contribution in [-0.2, 0) is 9.59 Å². The average molecular weight is 374 g/mol. The van der Waals surface area contributed by atoms with Crippen molar-refractivity contribution in [3.63, 3.8) is 0 Å². The molecule has 0 aliphatic rings. The summed E-state index contributed by atoms with van der Waals surface area (Å²) >= 11 is 6.15. The van der Waals surface area contributed by atoms with E-state index in [2.05, 4.69) is 24.1 Å². The molecule has 0 aliphatic heterocycles. The molecule has 0 heterocycles. The largest absolute Gasteiger partial charge is 0.372 e. The van der Waals surface area contributed by atoms with Gasteiger partial charge in [0.1, 0.15) is 6.54 Å². The molecule has 0 unspecified atom stereocenters. The van der Waals surface area contributed by atoms with E-state index in [1.165, 1.54) is 11.8 Å². The van der Waals surface area contributed by atoms with Crippen LogP contribution in [-0.4, -0.2) is 31.4 Å². The molecule has 0 saturated heterocycles. The van der Waals surface area contributed by atoms with Crippen LogP contribution >= 0.6 is 11.6 Å². The van der Waals surface area contributed by atoms with Gasteiger partial charge in [-0.3, -0.25) is 9.59 Å². The van der Waals surface area contributed by atoms with Gasteiger partial charge in [-0.1, -0.05) is 23.7 Å². The number of nitrogens with one attached hydrogen (secondary N) is 1. The fraction of sp³-hybridized carbons (Fsp3) is 0.300. The summed E-state index contributed by atoms with van der Waals surface area (Å²) in [6, 6.07) is 14.6. The molecule has 1 N–H and O–H groups in total. The minimum atomic E-state index is -0.282. The lowest BCUT2D eigenvalue weighted by molar-refractivity contribution is -0.120. The van der Waals surface area contributed by atoms with Crippen molar-refractivity contribution in [2.24, 2.45) is 0 Å². The maximum Gasteiger partial charge on any atom is 0.244 e. The summed E-state index contributed by atoms with van der Waals surface area (Å²) in [5.41, 5.74) is 2.32. The van der Waals surface area contributed by atoms with E-state index in [1.54, 1.807) is 24.3 Å². The first kappa shape index (κ1) is 19.8. The highest BCUT2D eigenvalue weighted by atomic mass is 35.5. The SMILES string of the molecule is CCN(CC)c1ccc(NC(=O)CN(C(C)=O)c2ccccc2Cl)cc1. The van der Waals surface area contributed by atoms with Crippen molar-refractivity contribution in [2.75, 3.05) is 34.8 Å². The molecule has 0 fully saturated rings. The molecule has 5 nitrogen and oxygen atoms in total. The molecule has 0 spiro atoms. The molecule has 0 radical (unpaired) electrons. The standard InChI is InChI=1S/C20H24ClN3O2/c1-4-23(5-2)17-12-10-16(11-13-17)22-20(26)14-24(15(3)25)19-9-7-6-8-18(19)21/h6-13H,4-5,14H2,1-3H3,(H,22,26). The van der Waals surface area contributed by atoms with Crippen molar-refractivity contribution in [3.8, 4) is 0 Å². The number of anilines is 3. The van der Waals surface area contributed by atoms with Crippen molar-refractivity contribution in [1.82, 2.24) is 0 Å². The second-order valence-electron chi connectivity index (χ2n) is 5.82. The third kappa shape index (κ3) is 4.99. The number of rotatable bonds is 7. The average Bonchev–Trinajstić information content (AvgIpc) is 2.62.